The summed E-state index contributed by atoms with van der Waals surface area (Å²) in [5.74, 6) is -0.181. The summed E-state index contributed by atoms with van der Waals surface area (Å²) in [4.78, 5) is 16.8. The lowest BCUT2D eigenvalue weighted by atomic mass is 10.2. The smallest absolute Gasteiger partial charge is 0.275 e. The molecule has 3 aromatic rings. The molecule has 0 radical (unpaired) electrons. The van der Waals surface area contributed by atoms with Crippen molar-refractivity contribution in [2.45, 2.75) is 13.8 Å². The Morgan fingerprint density at radius 3 is 2.75 bits per heavy atom. The summed E-state index contributed by atoms with van der Waals surface area (Å²) in [5, 5.41) is 7.54. The Kier molecular flexibility index (Phi) is 3.02. The van der Waals surface area contributed by atoms with Crippen LogP contribution in [-0.2, 0) is 7.05 Å². The number of nitrogens with one attached hydrogen (secondary N) is 1. The topological polar surface area (TPSA) is 59.8 Å². The minimum absolute atomic E-state index is 0.181. The molecule has 5 nitrogen and oxygen atoms in total. The average molecular weight is 286 g/mol. The minimum atomic E-state index is -0.181. The predicted octanol–water partition coefficient (Wildman–Crippen LogP) is 2.90. The van der Waals surface area contributed by atoms with Crippen LogP contribution in [0, 0.1) is 13.8 Å². The van der Waals surface area contributed by atoms with Crippen molar-refractivity contribution in [2.24, 2.45) is 7.05 Å². The fourth-order valence-corrected chi connectivity index (χ4v) is 3.11. The summed E-state index contributed by atoms with van der Waals surface area (Å²) in [6.07, 6.45) is 1.68. The van der Waals surface area contributed by atoms with E-state index in [1.807, 2.05) is 32.0 Å². The molecule has 20 heavy (non-hydrogen) atoms. The molecule has 0 saturated heterocycles. The molecule has 2 aromatic heterocycles. The maximum atomic E-state index is 12.3. The van der Waals surface area contributed by atoms with E-state index in [0.29, 0.717) is 10.8 Å². The van der Waals surface area contributed by atoms with Crippen LogP contribution in [0.15, 0.2) is 24.4 Å². The third kappa shape index (κ3) is 2.08. The number of para-hydroxylation sites is 1. The Morgan fingerprint density at radius 2 is 2.10 bits per heavy atom. The van der Waals surface area contributed by atoms with Crippen LogP contribution in [0.4, 0.5) is 5.13 Å². The van der Waals surface area contributed by atoms with Crippen LogP contribution < -0.4 is 5.32 Å². The van der Waals surface area contributed by atoms with Gasteiger partial charge >= 0.3 is 0 Å². The molecule has 0 saturated carbocycles. The van der Waals surface area contributed by atoms with Gasteiger partial charge in [-0.05, 0) is 31.0 Å². The zero-order valence-electron chi connectivity index (χ0n) is 11.5. The number of hydrogen-bond donors (Lipinski definition) is 1. The van der Waals surface area contributed by atoms with Gasteiger partial charge in [0.2, 0.25) is 0 Å². The molecule has 0 atom stereocenters. The van der Waals surface area contributed by atoms with E-state index in [1.165, 1.54) is 11.3 Å². The van der Waals surface area contributed by atoms with E-state index in [2.05, 4.69) is 15.4 Å². The first-order chi connectivity index (χ1) is 9.56. The van der Waals surface area contributed by atoms with Crippen molar-refractivity contribution in [3.05, 3.63) is 41.2 Å². The van der Waals surface area contributed by atoms with Gasteiger partial charge in [0.15, 0.2) is 5.13 Å². The van der Waals surface area contributed by atoms with Gasteiger partial charge in [0.25, 0.3) is 5.91 Å². The lowest BCUT2D eigenvalue weighted by molar-refractivity contribution is 0.101. The van der Waals surface area contributed by atoms with E-state index in [4.69, 9.17) is 0 Å². The number of aryl methyl sites for hydroxylation is 3. The van der Waals surface area contributed by atoms with Gasteiger partial charge in [-0.15, -0.1) is 0 Å². The highest BCUT2D eigenvalue weighted by Gasteiger charge is 2.16. The molecule has 1 amide bonds. The van der Waals surface area contributed by atoms with E-state index in [0.717, 1.165) is 21.3 Å². The van der Waals surface area contributed by atoms with Crippen LogP contribution in [0.2, 0.25) is 0 Å². The summed E-state index contributed by atoms with van der Waals surface area (Å²) in [5.41, 5.74) is 3.45. The number of carbonyl (C=O) groups is 1. The highest BCUT2D eigenvalue weighted by molar-refractivity contribution is 7.22. The molecule has 102 valence electrons. The van der Waals surface area contributed by atoms with Crippen LogP contribution in [-0.4, -0.2) is 20.7 Å². The zero-order valence-corrected chi connectivity index (χ0v) is 12.3. The fraction of sp³-hybridized carbons (Fsp3) is 0.214. The SMILES string of the molecule is Cc1cnn(C)c1C(=O)Nc1nc2c(C)cccc2s1. The Labute approximate surface area is 120 Å². The Morgan fingerprint density at radius 1 is 1.30 bits per heavy atom. The maximum absolute atomic E-state index is 12.3. The molecular formula is C14H14N4OS. The molecule has 0 aliphatic heterocycles. The van der Waals surface area contributed by atoms with Gasteiger partial charge in [-0.2, -0.15) is 5.10 Å². The van der Waals surface area contributed by atoms with E-state index < -0.39 is 0 Å². The molecule has 0 unspecified atom stereocenters. The number of carbonyl (C=O) groups excluding carboxylic acids is 1. The number of benzene rings is 1. The number of aromatic nitrogens is 3. The zero-order chi connectivity index (χ0) is 14.3. The Balaban J connectivity index is 1.94. The Bertz CT molecular complexity index is 783. The van der Waals surface area contributed by atoms with Crippen LogP contribution in [0.5, 0.6) is 0 Å². The molecule has 2 heterocycles. The van der Waals surface area contributed by atoms with Gasteiger partial charge in [-0.25, -0.2) is 4.98 Å². The lowest BCUT2D eigenvalue weighted by Gasteiger charge is -2.03. The largest absolute Gasteiger partial charge is 0.296 e. The highest BCUT2D eigenvalue weighted by Crippen LogP contribution is 2.28. The monoisotopic (exact) mass is 286 g/mol. The van der Waals surface area contributed by atoms with Gasteiger partial charge in [-0.1, -0.05) is 23.5 Å². The number of amides is 1. The molecule has 0 aliphatic rings. The molecule has 0 fully saturated rings. The van der Waals surface area contributed by atoms with Gasteiger partial charge in [0.05, 0.1) is 16.4 Å². The molecular weight excluding hydrogens is 272 g/mol. The summed E-state index contributed by atoms with van der Waals surface area (Å²) in [7, 11) is 1.75. The number of hydrogen-bond acceptors (Lipinski definition) is 4. The number of fused-ring (bicyclic) bond motifs is 1. The number of rotatable bonds is 2. The number of thiazole rings is 1. The van der Waals surface area contributed by atoms with Gasteiger partial charge in [-0.3, -0.25) is 14.8 Å². The maximum Gasteiger partial charge on any atom is 0.275 e. The molecule has 0 bridgehead atoms. The standard InChI is InChI=1S/C14H14N4OS/c1-8-5-4-6-10-11(8)16-14(20-10)17-13(19)12-9(2)7-15-18(12)3/h4-7H,1-3H3,(H,16,17,19). The van der Waals surface area contributed by atoms with Crippen molar-refractivity contribution in [1.82, 2.24) is 14.8 Å². The summed E-state index contributed by atoms with van der Waals surface area (Å²) in [6, 6.07) is 6.01. The summed E-state index contributed by atoms with van der Waals surface area (Å²) >= 11 is 1.48. The molecule has 0 aliphatic carbocycles. The van der Waals surface area contributed by atoms with Crippen LogP contribution in [0.1, 0.15) is 21.6 Å². The number of anilines is 1. The van der Waals surface area contributed by atoms with Crippen molar-refractivity contribution in [1.29, 1.82) is 0 Å². The summed E-state index contributed by atoms with van der Waals surface area (Å²) in [6.45, 7) is 3.88. The molecule has 1 N–H and O–H groups in total. The lowest BCUT2D eigenvalue weighted by Crippen LogP contribution is -2.17. The van der Waals surface area contributed by atoms with Gasteiger partial charge in [0, 0.05) is 7.05 Å². The van der Waals surface area contributed by atoms with Gasteiger partial charge < -0.3 is 0 Å². The summed E-state index contributed by atoms with van der Waals surface area (Å²) < 4.78 is 2.64. The molecule has 0 spiro atoms. The first-order valence-corrected chi connectivity index (χ1v) is 7.04. The third-order valence-electron chi connectivity index (χ3n) is 3.18. The molecule has 1 aromatic carbocycles. The predicted molar refractivity (Wildman–Crippen MR) is 80.3 cm³/mol. The molecule has 6 heteroatoms. The van der Waals surface area contributed by atoms with Gasteiger partial charge in [0.1, 0.15) is 5.69 Å². The van der Waals surface area contributed by atoms with Crippen molar-refractivity contribution < 1.29 is 4.79 Å². The van der Waals surface area contributed by atoms with E-state index >= 15 is 0 Å². The second-order valence-electron chi connectivity index (χ2n) is 4.69. The first-order valence-electron chi connectivity index (χ1n) is 6.22. The quantitative estimate of drug-likeness (QED) is 0.788. The second kappa shape index (κ2) is 4.72. The highest BCUT2D eigenvalue weighted by atomic mass is 32.1. The van der Waals surface area contributed by atoms with E-state index in [1.54, 1.807) is 17.9 Å². The van der Waals surface area contributed by atoms with Crippen molar-refractivity contribution in [2.75, 3.05) is 5.32 Å². The third-order valence-corrected chi connectivity index (χ3v) is 4.11. The first kappa shape index (κ1) is 12.8. The van der Waals surface area contributed by atoms with Crippen LogP contribution >= 0.6 is 11.3 Å². The van der Waals surface area contributed by atoms with Crippen LogP contribution in [0.25, 0.3) is 10.2 Å². The second-order valence-corrected chi connectivity index (χ2v) is 5.73. The fourth-order valence-electron chi connectivity index (χ4n) is 2.17. The molecule has 3 rings (SSSR count). The average Bonchev–Trinajstić information content (AvgIpc) is 2.94. The van der Waals surface area contributed by atoms with Crippen molar-refractivity contribution >= 4 is 32.6 Å². The van der Waals surface area contributed by atoms with E-state index in [9.17, 15) is 4.79 Å². The van der Waals surface area contributed by atoms with E-state index in [-0.39, 0.29) is 5.91 Å². The normalized spacial score (nSPS) is 10.9. The number of nitrogens with zero attached hydrogens (tertiary/aromatic N) is 3. The minimum Gasteiger partial charge on any atom is -0.296 e. The van der Waals surface area contributed by atoms with Crippen LogP contribution in [0.3, 0.4) is 0 Å². The van der Waals surface area contributed by atoms with Crippen molar-refractivity contribution in [3.63, 3.8) is 0 Å². The Hall–Kier alpha value is -2.21. The van der Waals surface area contributed by atoms with Crippen molar-refractivity contribution in [3.8, 4) is 0 Å².